The van der Waals surface area contributed by atoms with Crippen LogP contribution in [0.4, 0.5) is 17.6 Å². The third kappa shape index (κ3) is 5.10. The predicted octanol–water partition coefficient (Wildman–Crippen LogP) is 3.27. The zero-order valence-corrected chi connectivity index (χ0v) is 21.7. The van der Waals surface area contributed by atoms with Crippen molar-refractivity contribution in [1.82, 2.24) is 29.0 Å². The molecule has 2 saturated heterocycles. The van der Waals surface area contributed by atoms with E-state index in [4.69, 9.17) is 10.1 Å². The molecule has 36 heavy (non-hydrogen) atoms. The van der Waals surface area contributed by atoms with E-state index in [1.807, 2.05) is 34.0 Å². The summed E-state index contributed by atoms with van der Waals surface area (Å²) in [7, 11) is 0. The standard InChI is InChI=1S/C26H38N8O2/c1-17(2)31-9-5-7-19(13-31)11-23(36)22-12-20(35)14-33(22)26-29-25(21-8-6-10-34(21)30-26)28-24-15-32(16-27-24)18(3)4/h6,8,10,15-20,22,35H,5,7,9,11-14H2,1-4H3,(H,28,29,30)/t19?,20-,22-/m0/s1. The molecule has 0 radical (unpaired) electrons. The minimum atomic E-state index is -0.584. The van der Waals surface area contributed by atoms with Crippen LogP contribution in [-0.4, -0.2) is 77.8 Å². The van der Waals surface area contributed by atoms with Crippen LogP contribution in [0, 0.1) is 5.92 Å². The largest absolute Gasteiger partial charge is 0.391 e. The van der Waals surface area contributed by atoms with Crippen molar-refractivity contribution in [3.8, 4) is 0 Å². The molecule has 0 aromatic carbocycles. The van der Waals surface area contributed by atoms with Gasteiger partial charge in [-0.05, 0) is 65.1 Å². The number of carbonyl (C=O) groups excluding carboxylic acids is 1. The molecule has 3 aromatic rings. The van der Waals surface area contributed by atoms with Gasteiger partial charge in [0.2, 0.25) is 5.95 Å². The summed E-state index contributed by atoms with van der Waals surface area (Å²) in [6, 6.07) is 4.23. The molecule has 10 nitrogen and oxygen atoms in total. The lowest BCUT2D eigenvalue weighted by Gasteiger charge is -2.35. The zero-order chi connectivity index (χ0) is 25.4. The Balaban J connectivity index is 1.38. The minimum Gasteiger partial charge on any atom is -0.391 e. The van der Waals surface area contributed by atoms with Crippen molar-refractivity contribution in [3.63, 3.8) is 0 Å². The SMILES string of the molecule is CC(C)N1CCCC(CC(=O)[C@@H]2C[C@H](O)CN2c2nc(Nc3cn(C(C)C)cn3)c3cccn3n2)C1. The van der Waals surface area contributed by atoms with Gasteiger partial charge in [0, 0.05) is 50.4 Å². The van der Waals surface area contributed by atoms with Gasteiger partial charge >= 0.3 is 0 Å². The lowest BCUT2D eigenvalue weighted by Crippen LogP contribution is -2.43. The van der Waals surface area contributed by atoms with Crippen molar-refractivity contribution in [2.45, 2.75) is 77.6 Å². The summed E-state index contributed by atoms with van der Waals surface area (Å²) in [5.74, 6) is 2.27. The summed E-state index contributed by atoms with van der Waals surface area (Å²) in [5, 5.41) is 18.6. The summed E-state index contributed by atoms with van der Waals surface area (Å²) >= 11 is 0. The first-order chi connectivity index (χ1) is 17.3. The lowest BCUT2D eigenvalue weighted by atomic mass is 9.90. The van der Waals surface area contributed by atoms with Crippen molar-refractivity contribution >= 4 is 28.9 Å². The summed E-state index contributed by atoms with van der Waals surface area (Å²) in [5.41, 5.74) is 0.816. The number of β-amino-alcohol motifs (C(OH)–C–C–N with tert-alkyl or cyclic N) is 1. The molecule has 0 saturated carbocycles. The van der Waals surface area contributed by atoms with Crippen molar-refractivity contribution in [2.75, 3.05) is 29.9 Å². The number of imidazole rings is 1. The van der Waals surface area contributed by atoms with E-state index in [-0.39, 0.29) is 5.78 Å². The highest BCUT2D eigenvalue weighted by Gasteiger charge is 2.39. The van der Waals surface area contributed by atoms with E-state index in [0.29, 0.717) is 55.0 Å². The average Bonchev–Trinajstić information content (AvgIpc) is 3.58. The minimum absolute atomic E-state index is 0.170. The highest BCUT2D eigenvalue weighted by atomic mass is 16.3. The Hall–Kier alpha value is -2.98. The number of ketones is 1. The fraction of sp³-hybridized carbons (Fsp3) is 0.615. The number of rotatable bonds is 8. The lowest BCUT2D eigenvalue weighted by molar-refractivity contribution is -0.121. The molecular weight excluding hydrogens is 456 g/mol. The summed E-state index contributed by atoms with van der Waals surface area (Å²) in [6.45, 7) is 11.0. The Kier molecular flexibility index (Phi) is 6.98. The molecule has 2 aliphatic rings. The highest BCUT2D eigenvalue weighted by Crippen LogP contribution is 2.30. The molecule has 5 rings (SSSR count). The molecular formula is C26H38N8O2. The maximum atomic E-state index is 13.5. The number of Topliss-reactive ketones (excluding diaryl/α,β-unsaturated/α-hetero) is 1. The fourth-order valence-electron chi connectivity index (χ4n) is 5.44. The molecule has 1 unspecified atom stereocenters. The third-order valence-corrected chi connectivity index (χ3v) is 7.50. The van der Waals surface area contributed by atoms with Gasteiger partial charge in [0.25, 0.3) is 0 Å². The quantitative estimate of drug-likeness (QED) is 0.492. The van der Waals surface area contributed by atoms with E-state index in [9.17, 15) is 9.90 Å². The Morgan fingerprint density at radius 3 is 2.81 bits per heavy atom. The number of anilines is 3. The zero-order valence-electron chi connectivity index (χ0n) is 21.7. The number of hydrogen-bond acceptors (Lipinski definition) is 8. The molecule has 0 amide bonds. The number of hydrogen-bond donors (Lipinski definition) is 2. The van der Waals surface area contributed by atoms with Gasteiger partial charge in [0.05, 0.1) is 18.5 Å². The number of piperidine rings is 1. The topological polar surface area (TPSA) is 104 Å². The van der Waals surface area contributed by atoms with E-state index in [1.54, 1.807) is 10.8 Å². The maximum absolute atomic E-state index is 13.5. The van der Waals surface area contributed by atoms with E-state index in [1.165, 1.54) is 0 Å². The van der Waals surface area contributed by atoms with E-state index >= 15 is 0 Å². The van der Waals surface area contributed by atoms with Gasteiger partial charge in [0.1, 0.15) is 11.3 Å². The van der Waals surface area contributed by atoms with Crippen molar-refractivity contribution in [3.05, 3.63) is 30.9 Å². The normalized spacial score (nSPS) is 23.3. The van der Waals surface area contributed by atoms with Gasteiger partial charge in [-0.3, -0.25) is 4.79 Å². The number of aliphatic hydroxyl groups is 1. The smallest absolute Gasteiger partial charge is 0.246 e. The second-order valence-corrected chi connectivity index (χ2v) is 10.8. The van der Waals surface area contributed by atoms with E-state index in [2.05, 4.69) is 42.9 Å². The molecule has 2 fully saturated rings. The van der Waals surface area contributed by atoms with E-state index in [0.717, 1.165) is 31.4 Å². The summed E-state index contributed by atoms with van der Waals surface area (Å²) in [4.78, 5) is 27.1. The van der Waals surface area contributed by atoms with Crippen LogP contribution >= 0.6 is 0 Å². The van der Waals surface area contributed by atoms with Crippen LogP contribution in [-0.2, 0) is 4.79 Å². The molecule has 10 heteroatoms. The van der Waals surface area contributed by atoms with Gasteiger partial charge in [-0.2, -0.15) is 4.98 Å². The van der Waals surface area contributed by atoms with Crippen LogP contribution in [0.5, 0.6) is 0 Å². The third-order valence-electron chi connectivity index (χ3n) is 7.50. The van der Waals surface area contributed by atoms with Crippen LogP contribution in [0.15, 0.2) is 30.9 Å². The molecule has 0 aliphatic carbocycles. The summed E-state index contributed by atoms with van der Waals surface area (Å²) in [6.07, 6.45) is 8.16. The monoisotopic (exact) mass is 494 g/mol. The number of aliphatic hydroxyl groups excluding tert-OH is 1. The van der Waals surface area contributed by atoms with Gasteiger partial charge in [-0.1, -0.05) is 0 Å². The Morgan fingerprint density at radius 2 is 2.06 bits per heavy atom. The first kappa shape index (κ1) is 24.7. The number of carbonyl (C=O) groups is 1. The molecule has 2 N–H and O–H groups in total. The van der Waals surface area contributed by atoms with Crippen molar-refractivity contribution in [1.29, 1.82) is 0 Å². The molecule has 3 aromatic heterocycles. The van der Waals surface area contributed by atoms with Crippen LogP contribution in [0.25, 0.3) is 5.52 Å². The Bertz CT molecular complexity index is 1200. The second-order valence-electron chi connectivity index (χ2n) is 10.8. The average molecular weight is 495 g/mol. The number of likely N-dealkylation sites (tertiary alicyclic amines) is 1. The van der Waals surface area contributed by atoms with Gasteiger partial charge in [-0.25, -0.2) is 9.50 Å². The van der Waals surface area contributed by atoms with Gasteiger partial charge in [0.15, 0.2) is 11.6 Å². The molecule has 0 spiro atoms. The first-order valence-corrected chi connectivity index (χ1v) is 13.2. The fourth-order valence-corrected chi connectivity index (χ4v) is 5.44. The first-order valence-electron chi connectivity index (χ1n) is 13.2. The van der Waals surface area contributed by atoms with Gasteiger partial charge < -0.3 is 24.8 Å². The second kappa shape index (κ2) is 10.2. The maximum Gasteiger partial charge on any atom is 0.246 e. The van der Waals surface area contributed by atoms with Crippen molar-refractivity contribution in [2.24, 2.45) is 5.92 Å². The number of fused-ring (bicyclic) bond motifs is 1. The van der Waals surface area contributed by atoms with Crippen LogP contribution in [0.2, 0.25) is 0 Å². The molecule has 0 bridgehead atoms. The van der Waals surface area contributed by atoms with Crippen LogP contribution in [0.3, 0.4) is 0 Å². The predicted molar refractivity (Wildman–Crippen MR) is 140 cm³/mol. The van der Waals surface area contributed by atoms with E-state index < -0.39 is 12.1 Å². The Labute approximate surface area is 212 Å². The number of nitrogens with one attached hydrogen (secondary N) is 1. The molecule has 194 valence electrons. The number of nitrogens with zero attached hydrogens (tertiary/aromatic N) is 7. The molecule has 3 atom stereocenters. The molecule has 2 aliphatic heterocycles. The van der Waals surface area contributed by atoms with Crippen molar-refractivity contribution < 1.29 is 9.90 Å². The highest BCUT2D eigenvalue weighted by molar-refractivity contribution is 5.88. The Morgan fingerprint density at radius 1 is 1.22 bits per heavy atom. The van der Waals surface area contributed by atoms with Gasteiger partial charge in [-0.15, -0.1) is 5.10 Å². The molecule has 5 heterocycles. The number of aromatic nitrogens is 5. The summed E-state index contributed by atoms with van der Waals surface area (Å²) < 4.78 is 3.79. The van der Waals surface area contributed by atoms with Crippen LogP contribution < -0.4 is 10.2 Å². The van der Waals surface area contributed by atoms with Crippen LogP contribution in [0.1, 0.15) is 59.4 Å².